The topological polar surface area (TPSA) is 103 Å². The first kappa shape index (κ1) is 14.7. The van der Waals surface area contributed by atoms with E-state index in [9.17, 15) is 4.53 Å². The summed E-state index contributed by atoms with van der Waals surface area (Å²) in [6, 6.07) is 0. The number of hydroxylamine groups is 2. The van der Waals surface area contributed by atoms with Gasteiger partial charge in [0, 0.05) is 13.0 Å². The van der Waals surface area contributed by atoms with E-state index in [-0.39, 0.29) is 24.0 Å². The Morgan fingerprint density at radius 2 is 2.35 bits per heavy atom. The maximum Gasteiger partial charge on any atom is 0.298 e. The molecule has 1 spiro atoms. The zero-order chi connectivity index (χ0) is 14.6. The van der Waals surface area contributed by atoms with Crippen molar-refractivity contribution in [3.05, 3.63) is 6.33 Å². The van der Waals surface area contributed by atoms with Crippen LogP contribution in [0.4, 0.5) is 21.8 Å². The molecule has 0 saturated carbocycles. The average Bonchev–Trinajstić information content (AvgIpc) is 2.99. The van der Waals surface area contributed by atoms with Crippen molar-refractivity contribution >= 4 is 23.7 Å². The molecule has 0 bridgehead atoms. The molecule has 2 unspecified atom stereocenters. The number of nitrogens with zero attached hydrogens (tertiary/aromatic N) is 4. The lowest BCUT2D eigenvalue weighted by molar-refractivity contribution is -0.183. The van der Waals surface area contributed by atoms with E-state index in [0.29, 0.717) is 30.3 Å². The second kappa shape index (κ2) is 6.18. The summed E-state index contributed by atoms with van der Waals surface area (Å²) in [7, 11) is 0. The van der Waals surface area contributed by atoms with Crippen LogP contribution in [-0.4, -0.2) is 47.3 Å². The number of nitrogen functional groups attached to an aromatic ring is 1. The lowest BCUT2D eigenvalue weighted by Crippen LogP contribution is -2.43. The fourth-order valence-electron chi connectivity index (χ4n) is 2.12. The fraction of sp³-hybridized carbons (Fsp3) is 0.545. The van der Waals surface area contributed by atoms with Crippen LogP contribution in [0.2, 0.25) is 0 Å². The van der Waals surface area contributed by atoms with Crippen LogP contribution in [0.15, 0.2) is 11.3 Å². The smallest absolute Gasteiger partial charge is 0.298 e. The number of nitrogens with two attached hydrogens (primary N) is 1. The molecule has 3 heterocycles. The van der Waals surface area contributed by atoms with E-state index in [4.69, 9.17) is 15.7 Å². The second-order valence-electron chi connectivity index (χ2n) is 4.30. The Labute approximate surface area is 115 Å². The first-order valence-corrected chi connectivity index (χ1v) is 6.23. The molecule has 8 nitrogen and oxygen atoms in total. The van der Waals surface area contributed by atoms with E-state index in [2.05, 4.69) is 19.9 Å². The number of hydrogen-bond donors (Lipinski definition) is 2. The molecule has 20 heavy (non-hydrogen) atoms. The van der Waals surface area contributed by atoms with Crippen LogP contribution in [0.3, 0.4) is 0 Å². The van der Waals surface area contributed by atoms with Crippen LogP contribution in [0.1, 0.15) is 13.3 Å². The molecule has 3 rings (SSSR count). The van der Waals surface area contributed by atoms with Crippen molar-refractivity contribution in [3.8, 4) is 0 Å². The molecule has 1 saturated heterocycles. The molecule has 9 heteroatoms. The highest BCUT2D eigenvalue weighted by Gasteiger charge is 2.49. The second-order valence-corrected chi connectivity index (χ2v) is 4.30. The molecule has 1 aromatic rings. The van der Waals surface area contributed by atoms with Gasteiger partial charge in [0.1, 0.15) is 19.5 Å². The Balaban J connectivity index is 0.000000452. The summed E-state index contributed by atoms with van der Waals surface area (Å²) in [5, 5.41) is 7.57. The van der Waals surface area contributed by atoms with E-state index >= 15 is 0 Å². The van der Waals surface area contributed by atoms with Crippen LogP contribution in [-0.2, 0) is 9.78 Å². The van der Waals surface area contributed by atoms with Gasteiger partial charge in [-0.25, -0.2) is 4.98 Å². The largest absolute Gasteiger partial charge is 0.397 e. The maximum absolute atomic E-state index is 11.8. The average molecular weight is 286 g/mol. The van der Waals surface area contributed by atoms with Gasteiger partial charge in [-0.05, 0) is 11.4 Å². The Bertz CT molecular complexity index is 501. The number of aliphatic hydroxyl groups is 1. The summed E-state index contributed by atoms with van der Waals surface area (Å²) in [6.07, 6.45) is 3.33. The van der Waals surface area contributed by atoms with Crippen LogP contribution in [0, 0.1) is 0 Å². The number of rotatable bonds is 2. The predicted molar refractivity (Wildman–Crippen MR) is 70.6 cm³/mol. The zero-order valence-corrected chi connectivity index (χ0v) is 11.1. The highest BCUT2D eigenvalue weighted by molar-refractivity contribution is 5.89. The summed E-state index contributed by atoms with van der Waals surface area (Å²) in [6.45, 7) is 2.46. The Morgan fingerprint density at radius 1 is 1.60 bits per heavy atom. The molecule has 2 aliphatic rings. The third-order valence-corrected chi connectivity index (χ3v) is 2.93. The van der Waals surface area contributed by atoms with Crippen molar-refractivity contribution in [2.75, 3.05) is 25.5 Å². The van der Waals surface area contributed by atoms with Gasteiger partial charge in [0.05, 0.1) is 0 Å². The minimum absolute atomic E-state index is 0.0378. The van der Waals surface area contributed by atoms with Gasteiger partial charge >= 0.3 is 0 Å². The van der Waals surface area contributed by atoms with Gasteiger partial charge in [-0.2, -0.15) is 19.8 Å². The summed E-state index contributed by atoms with van der Waals surface area (Å²) in [5.41, 5.74) is 6.22. The first-order chi connectivity index (χ1) is 9.66. The van der Waals surface area contributed by atoms with Gasteiger partial charge in [-0.15, -0.1) is 0 Å². The molecular formula is C11H17FN5O3+. The Kier molecular flexibility index (Phi) is 4.55. The van der Waals surface area contributed by atoms with Gasteiger partial charge in [0.15, 0.2) is 17.6 Å². The molecule has 1 aromatic heterocycles. The van der Waals surface area contributed by atoms with E-state index in [1.54, 1.807) is 13.3 Å². The third kappa shape index (κ3) is 2.61. The van der Waals surface area contributed by atoms with Crippen LogP contribution >= 0.6 is 0 Å². The van der Waals surface area contributed by atoms with Crippen LogP contribution in [0.5, 0.6) is 0 Å². The molecule has 3 N–H and O–H groups in total. The van der Waals surface area contributed by atoms with Gasteiger partial charge in [0.25, 0.3) is 5.82 Å². The molecule has 0 aromatic carbocycles. The highest BCUT2D eigenvalue weighted by atomic mass is 19.3. The molecular weight excluding hydrogens is 269 g/mol. The van der Waals surface area contributed by atoms with Gasteiger partial charge in [-0.3, -0.25) is 0 Å². The first-order valence-electron chi connectivity index (χ1n) is 6.23. The standard InChI is InChI=1S/C9H11FN5O2.C2H6O/c10-16-3-6-1-2-15(17-6)5-14-7-8(11)12-4-13-9(7)15;1-2-3/h4-6H,1-3H2,(H2,11,12,13);3H,2H2,1H3/q+1;. The van der Waals surface area contributed by atoms with E-state index in [1.807, 2.05) is 0 Å². The summed E-state index contributed by atoms with van der Waals surface area (Å²) >= 11 is 0. The van der Waals surface area contributed by atoms with E-state index < -0.39 is 0 Å². The van der Waals surface area contributed by atoms with E-state index in [1.165, 1.54) is 6.33 Å². The highest BCUT2D eigenvalue weighted by Crippen LogP contribution is 2.42. The quantitative estimate of drug-likeness (QED) is 0.773. The molecule has 2 atom stereocenters. The number of aromatic nitrogens is 2. The number of anilines is 1. The fourth-order valence-corrected chi connectivity index (χ4v) is 2.12. The van der Waals surface area contributed by atoms with Crippen molar-refractivity contribution in [3.63, 3.8) is 0 Å². The molecule has 2 aliphatic heterocycles. The van der Waals surface area contributed by atoms with Crippen molar-refractivity contribution in [2.45, 2.75) is 19.4 Å². The minimum atomic E-state index is -0.311. The molecule has 0 aliphatic carbocycles. The number of quaternary nitrogens is 1. The lowest BCUT2D eigenvalue weighted by Gasteiger charge is -2.20. The van der Waals surface area contributed by atoms with E-state index in [0.717, 1.165) is 0 Å². The van der Waals surface area contributed by atoms with Crippen molar-refractivity contribution < 1.29 is 19.4 Å². The normalized spacial score (nSPS) is 26.4. The summed E-state index contributed by atoms with van der Waals surface area (Å²) in [4.78, 5) is 21.5. The van der Waals surface area contributed by atoms with Crippen molar-refractivity contribution in [1.82, 2.24) is 14.6 Å². The molecule has 0 amide bonds. The third-order valence-electron chi connectivity index (χ3n) is 2.93. The van der Waals surface area contributed by atoms with Gasteiger partial charge in [0.2, 0.25) is 6.34 Å². The zero-order valence-electron chi connectivity index (χ0n) is 11.1. The molecule has 110 valence electrons. The number of aliphatic hydroxyl groups excluding tert-OH is 1. The SMILES string of the molecule is CCO.Nc1ncnc2c1N=C[N+]21CCC(COF)O1. The van der Waals surface area contributed by atoms with Gasteiger partial charge in [-0.1, -0.05) is 4.65 Å². The summed E-state index contributed by atoms with van der Waals surface area (Å²) < 4.78 is 11.9. The Hall–Kier alpha value is -1.68. The molecule has 1 fully saturated rings. The lowest BCUT2D eigenvalue weighted by atomic mass is 10.3. The molecule has 0 radical (unpaired) electrons. The monoisotopic (exact) mass is 286 g/mol. The Morgan fingerprint density at radius 3 is 3.05 bits per heavy atom. The number of hydrogen-bond acceptors (Lipinski definition) is 7. The predicted octanol–water partition coefficient (Wildman–Crippen LogP) is 0.643. The summed E-state index contributed by atoms with van der Waals surface area (Å²) in [5.74, 6) is 0.911. The van der Waals surface area contributed by atoms with Crippen molar-refractivity contribution in [2.24, 2.45) is 4.99 Å². The van der Waals surface area contributed by atoms with Crippen molar-refractivity contribution in [1.29, 1.82) is 0 Å². The maximum atomic E-state index is 11.8. The number of fused-ring (bicyclic) bond motifs is 2. The minimum Gasteiger partial charge on any atom is -0.397 e. The van der Waals surface area contributed by atoms with Gasteiger partial charge < -0.3 is 10.8 Å². The number of aliphatic imine (C=N–C) groups is 1. The number of halogens is 1. The van der Waals surface area contributed by atoms with Crippen LogP contribution < -0.4 is 10.4 Å². The van der Waals surface area contributed by atoms with Crippen LogP contribution in [0.25, 0.3) is 0 Å².